The fourth-order valence-electron chi connectivity index (χ4n) is 5.37. The average molecular weight is 596 g/mol. The second kappa shape index (κ2) is 13.0. The number of hydrogen-bond donors (Lipinski definition) is 2. The van der Waals surface area contributed by atoms with Gasteiger partial charge in [0.05, 0.1) is 43.1 Å². The monoisotopic (exact) mass is 595 g/mol. The van der Waals surface area contributed by atoms with Gasteiger partial charge in [0.25, 0.3) is 0 Å². The van der Waals surface area contributed by atoms with Crippen LogP contribution in [0.3, 0.4) is 0 Å². The SMILES string of the molecule is COc1c(NC(=O)Nc2ccc(-c3ccc(CN4CCOCC4)nc3)c3ccccc23)cc(C(C)(C)C)cc1N(C)C(C)=O. The minimum absolute atomic E-state index is 0.140. The number of nitrogens with zero attached hydrogens (tertiary/aromatic N) is 3. The van der Waals surface area contributed by atoms with E-state index >= 15 is 0 Å². The normalized spacial score (nSPS) is 13.9. The second-order valence-electron chi connectivity index (χ2n) is 12.1. The third-order valence-electron chi connectivity index (χ3n) is 8.02. The van der Waals surface area contributed by atoms with Gasteiger partial charge in [-0.3, -0.25) is 14.7 Å². The van der Waals surface area contributed by atoms with Crippen LogP contribution in [0.1, 0.15) is 39.0 Å². The number of carbonyl (C=O) groups is 2. The molecule has 0 saturated carbocycles. The first-order valence-corrected chi connectivity index (χ1v) is 14.9. The van der Waals surface area contributed by atoms with Crippen molar-refractivity contribution in [3.8, 4) is 16.9 Å². The number of rotatable bonds is 7. The third-order valence-corrected chi connectivity index (χ3v) is 8.02. The number of methoxy groups -OCH3 is 1. The molecule has 0 aliphatic carbocycles. The van der Waals surface area contributed by atoms with Crippen molar-refractivity contribution in [3.05, 3.63) is 78.1 Å². The highest BCUT2D eigenvalue weighted by atomic mass is 16.5. The largest absolute Gasteiger partial charge is 0.492 e. The van der Waals surface area contributed by atoms with E-state index in [2.05, 4.69) is 54.5 Å². The number of nitrogens with one attached hydrogen (secondary N) is 2. The van der Waals surface area contributed by atoms with Crippen molar-refractivity contribution in [1.82, 2.24) is 9.88 Å². The van der Waals surface area contributed by atoms with Crippen molar-refractivity contribution >= 4 is 39.8 Å². The zero-order valence-corrected chi connectivity index (χ0v) is 26.4. The van der Waals surface area contributed by atoms with Gasteiger partial charge in [-0.15, -0.1) is 0 Å². The molecule has 44 heavy (non-hydrogen) atoms. The van der Waals surface area contributed by atoms with Gasteiger partial charge in [0, 0.05) is 50.8 Å². The molecule has 1 aliphatic rings. The van der Waals surface area contributed by atoms with Crippen LogP contribution in [-0.4, -0.2) is 62.3 Å². The molecule has 1 fully saturated rings. The summed E-state index contributed by atoms with van der Waals surface area (Å²) in [6.07, 6.45) is 1.92. The number of ether oxygens (including phenoxy) is 2. The van der Waals surface area contributed by atoms with Crippen LogP contribution < -0.4 is 20.3 Å². The molecule has 2 N–H and O–H groups in total. The van der Waals surface area contributed by atoms with Gasteiger partial charge in [0.2, 0.25) is 5.91 Å². The number of pyridine rings is 1. The molecule has 0 atom stereocenters. The van der Waals surface area contributed by atoms with Crippen LogP contribution in [0, 0.1) is 0 Å². The predicted octanol–water partition coefficient (Wildman–Crippen LogP) is 6.67. The van der Waals surface area contributed by atoms with Crippen molar-refractivity contribution in [2.45, 2.75) is 39.7 Å². The van der Waals surface area contributed by atoms with Gasteiger partial charge in [0.15, 0.2) is 5.75 Å². The number of carbonyl (C=O) groups excluding carboxylic acids is 2. The van der Waals surface area contributed by atoms with Gasteiger partial charge in [-0.25, -0.2) is 4.79 Å². The summed E-state index contributed by atoms with van der Waals surface area (Å²) in [6.45, 7) is 11.9. The first kappa shape index (κ1) is 31.0. The van der Waals surface area contributed by atoms with E-state index in [9.17, 15) is 9.59 Å². The van der Waals surface area contributed by atoms with Crippen LogP contribution in [0.25, 0.3) is 21.9 Å². The molecule has 3 amide bonds. The maximum absolute atomic E-state index is 13.4. The summed E-state index contributed by atoms with van der Waals surface area (Å²) < 4.78 is 11.2. The lowest BCUT2D eigenvalue weighted by molar-refractivity contribution is -0.116. The Hall–Kier alpha value is -4.47. The van der Waals surface area contributed by atoms with E-state index < -0.39 is 6.03 Å². The summed E-state index contributed by atoms with van der Waals surface area (Å²) >= 11 is 0. The van der Waals surface area contributed by atoms with Gasteiger partial charge >= 0.3 is 6.03 Å². The van der Waals surface area contributed by atoms with Gasteiger partial charge < -0.3 is 25.0 Å². The van der Waals surface area contributed by atoms with E-state index in [1.165, 1.54) is 18.9 Å². The number of fused-ring (bicyclic) bond motifs is 1. The minimum atomic E-state index is -0.419. The lowest BCUT2D eigenvalue weighted by Crippen LogP contribution is -2.35. The van der Waals surface area contributed by atoms with Gasteiger partial charge in [-0.05, 0) is 46.2 Å². The lowest BCUT2D eigenvalue weighted by atomic mass is 9.86. The van der Waals surface area contributed by atoms with Gasteiger partial charge in [0.1, 0.15) is 0 Å². The fraction of sp³-hybridized carbons (Fsp3) is 0.343. The number of anilines is 3. The molecule has 0 spiro atoms. The number of amides is 3. The van der Waals surface area contributed by atoms with E-state index in [4.69, 9.17) is 14.5 Å². The molecular formula is C35H41N5O4. The summed E-state index contributed by atoms with van der Waals surface area (Å²) in [5, 5.41) is 7.92. The van der Waals surface area contributed by atoms with E-state index in [0.717, 1.165) is 66.0 Å². The Morgan fingerprint density at radius 2 is 1.68 bits per heavy atom. The van der Waals surface area contributed by atoms with E-state index in [1.807, 2.05) is 48.7 Å². The van der Waals surface area contributed by atoms with Crippen molar-refractivity contribution in [2.75, 3.05) is 56.0 Å². The summed E-state index contributed by atoms with van der Waals surface area (Å²) in [7, 11) is 3.22. The smallest absolute Gasteiger partial charge is 0.323 e. The quantitative estimate of drug-likeness (QED) is 0.248. The van der Waals surface area contributed by atoms with E-state index in [-0.39, 0.29) is 11.3 Å². The third kappa shape index (κ3) is 6.85. The first-order chi connectivity index (χ1) is 21.0. The molecule has 0 radical (unpaired) electrons. The van der Waals surface area contributed by atoms with Crippen LogP contribution >= 0.6 is 0 Å². The van der Waals surface area contributed by atoms with Crippen LogP contribution in [0.4, 0.5) is 21.9 Å². The maximum atomic E-state index is 13.4. The number of urea groups is 1. The molecule has 3 aromatic carbocycles. The van der Waals surface area contributed by atoms with Crippen molar-refractivity contribution < 1.29 is 19.1 Å². The van der Waals surface area contributed by atoms with Crippen LogP contribution in [0.2, 0.25) is 0 Å². The molecule has 0 unspecified atom stereocenters. The molecular weight excluding hydrogens is 554 g/mol. The zero-order chi connectivity index (χ0) is 31.4. The molecule has 9 heteroatoms. The highest BCUT2D eigenvalue weighted by Crippen LogP contribution is 2.41. The highest BCUT2D eigenvalue weighted by Gasteiger charge is 2.24. The summed E-state index contributed by atoms with van der Waals surface area (Å²) in [6, 6.07) is 19.5. The Morgan fingerprint density at radius 1 is 0.977 bits per heavy atom. The Labute approximate surface area is 259 Å². The average Bonchev–Trinajstić information content (AvgIpc) is 3.01. The second-order valence-corrected chi connectivity index (χ2v) is 12.1. The van der Waals surface area contributed by atoms with Crippen LogP contribution in [0.15, 0.2) is 66.9 Å². The number of benzene rings is 3. The van der Waals surface area contributed by atoms with Gasteiger partial charge in [-0.2, -0.15) is 0 Å². The minimum Gasteiger partial charge on any atom is -0.492 e. The maximum Gasteiger partial charge on any atom is 0.323 e. The Kier molecular flexibility index (Phi) is 9.17. The van der Waals surface area contributed by atoms with Gasteiger partial charge in [-0.1, -0.05) is 57.2 Å². The Bertz CT molecular complexity index is 1660. The Morgan fingerprint density at radius 3 is 2.32 bits per heavy atom. The zero-order valence-electron chi connectivity index (χ0n) is 26.4. The van der Waals surface area contributed by atoms with Crippen molar-refractivity contribution in [1.29, 1.82) is 0 Å². The topological polar surface area (TPSA) is 96.0 Å². The van der Waals surface area contributed by atoms with Crippen LogP contribution in [-0.2, 0) is 21.5 Å². The number of hydrogen-bond acceptors (Lipinski definition) is 6. The number of aromatic nitrogens is 1. The van der Waals surface area contributed by atoms with Crippen LogP contribution in [0.5, 0.6) is 5.75 Å². The fourth-order valence-corrected chi connectivity index (χ4v) is 5.37. The molecule has 0 bridgehead atoms. The lowest BCUT2D eigenvalue weighted by Gasteiger charge is -2.26. The molecule has 1 aliphatic heterocycles. The molecule has 4 aromatic rings. The standard InChI is InChI=1S/C35H41N5O4/c1-23(41)39(5)32-20-25(35(2,3)4)19-31(33(32)43-6)38-34(42)37-30-14-13-27(28-9-7-8-10-29(28)30)24-11-12-26(36-21-24)22-40-15-17-44-18-16-40/h7-14,19-21H,15-18,22H2,1-6H3,(H2,37,38,42). The van der Waals surface area contributed by atoms with Crippen molar-refractivity contribution in [2.24, 2.45) is 0 Å². The molecule has 2 heterocycles. The number of morpholine rings is 1. The first-order valence-electron chi connectivity index (χ1n) is 14.9. The van der Waals surface area contributed by atoms with E-state index in [0.29, 0.717) is 22.8 Å². The van der Waals surface area contributed by atoms with E-state index in [1.54, 1.807) is 7.05 Å². The Balaban J connectivity index is 1.41. The molecule has 9 nitrogen and oxygen atoms in total. The summed E-state index contributed by atoms with van der Waals surface area (Å²) in [5.74, 6) is 0.272. The summed E-state index contributed by atoms with van der Waals surface area (Å²) in [4.78, 5) is 34.3. The van der Waals surface area contributed by atoms with Crippen molar-refractivity contribution in [3.63, 3.8) is 0 Å². The molecule has 1 saturated heterocycles. The highest BCUT2D eigenvalue weighted by molar-refractivity contribution is 6.10. The molecule has 230 valence electrons. The molecule has 5 rings (SSSR count). The summed E-state index contributed by atoms with van der Waals surface area (Å²) in [5.41, 5.74) is 5.53. The predicted molar refractivity (Wildman–Crippen MR) is 177 cm³/mol. The molecule has 1 aromatic heterocycles.